The van der Waals surface area contributed by atoms with E-state index in [4.69, 9.17) is 5.73 Å². The SMILES string of the molecule is CCCC(N)C(=O)NCc1c(C)nc2cc(=O)[nH]n2c1C. The highest BCUT2D eigenvalue weighted by Gasteiger charge is 2.15. The number of nitrogens with two attached hydrogens (primary N) is 1. The van der Waals surface area contributed by atoms with Crippen LogP contribution in [0.5, 0.6) is 0 Å². The van der Waals surface area contributed by atoms with Crippen LogP contribution in [-0.2, 0) is 11.3 Å². The van der Waals surface area contributed by atoms with Crippen molar-refractivity contribution in [3.8, 4) is 0 Å². The van der Waals surface area contributed by atoms with E-state index < -0.39 is 6.04 Å². The Morgan fingerprint density at radius 2 is 2.24 bits per heavy atom. The maximum absolute atomic E-state index is 11.9. The summed E-state index contributed by atoms with van der Waals surface area (Å²) in [6.07, 6.45) is 1.52. The van der Waals surface area contributed by atoms with Crippen molar-refractivity contribution in [3.63, 3.8) is 0 Å². The van der Waals surface area contributed by atoms with Crippen molar-refractivity contribution >= 4 is 11.6 Å². The second-order valence-corrected chi connectivity index (χ2v) is 5.19. The average molecular weight is 291 g/mol. The summed E-state index contributed by atoms with van der Waals surface area (Å²) in [5.74, 6) is -0.170. The van der Waals surface area contributed by atoms with E-state index in [0.29, 0.717) is 18.6 Å². The standard InChI is InChI=1S/C14H21N5O2/c1-4-5-11(15)14(21)16-7-10-8(2)17-12-6-13(20)18-19(12)9(10)3/h6,11H,4-5,7,15H2,1-3H3,(H,16,21)(H,18,20). The van der Waals surface area contributed by atoms with Gasteiger partial charge in [0, 0.05) is 29.6 Å². The molecule has 0 aliphatic heterocycles. The molecule has 2 heterocycles. The molecular weight excluding hydrogens is 270 g/mol. The minimum atomic E-state index is -0.487. The molecule has 1 amide bonds. The van der Waals surface area contributed by atoms with E-state index in [1.54, 1.807) is 4.52 Å². The van der Waals surface area contributed by atoms with Gasteiger partial charge in [0.1, 0.15) is 0 Å². The molecule has 7 heteroatoms. The first kappa shape index (κ1) is 15.2. The van der Waals surface area contributed by atoms with Crippen LogP contribution in [0.1, 0.15) is 36.7 Å². The van der Waals surface area contributed by atoms with E-state index in [1.807, 2.05) is 20.8 Å². The van der Waals surface area contributed by atoms with Crippen LogP contribution in [0.15, 0.2) is 10.9 Å². The Morgan fingerprint density at radius 3 is 2.90 bits per heavy atom. The highest BCUT2D eigenvalue weighted by molar-refractivity contribution is 5.81. The molecular formula is C14H21N5O2. The summed E-state index contributed by atoms with van der Waals surface area (Å²) in [5.41, 5.74) is 8.68. The molecule has 0 radical (unpaired) electrons. The predicted octanol–water partition coefficient (Wildman–Crippen LogP) is 0.383. The minimum absolute atomic E-state index is 0.170. The third-order valence-corrected chi connectivity index (χ3v) is 3.58. The molecule has 0 fully saturated rings. The smallest absolute Gasteiger partial charge is 0.266 e. The zero-order valence-electron chi connectivity index (χ0n) is 12.6. The van der Waals surface area contributed by atoms with E-state index in [-0.39, 0.29) is 11.5 Å². The van der Waals surface area contributed by atoms with Crippen molar-refractivity contribution in [2.75, 3.05) is 0 Å². The summed E-state index contributed by atoms with van der Waals surface area (Å²) >= 11 is 0. The lowest BCUT2D eigenvalue weighted by Gasteiger charge is -2.14. The van der Waals surface area contributed by atoms with Crippen LogP contribution >= 0.6 is 0 Å². The Bertz CT molecular complexity index is 716. The highest BCUT2D eigenvalue weighted by Crippen LogP contribution is 2.12. The number of fused-ring (bicyclic) bond motifs is 1. The topological polar surface area (TPSA) is 105 Å². The van der Waals surface area contributed by atoms with Crippen LogP contribution in [-0.4, -0.2) is 26.5 Å². The Hall–Kier alpha value is -2.15. The molecule has 0 saturated heterocycles. The number of carbonyl (C=O) groups excluding carboxylic acids is 1. The van der Waals surface area contributed by atoms with Gasteiger partial charge in [-0.1, -0.05) is 13.3 Å². The fourth-order valence-electron chi connectivity index (χ4n) is 2.36. The molecule has 2 aromatic rings. The number of aromatic nitrogens is 3. The Morgan fingerprint density at radius 1 is 1.52 bits per heavy atom. The van der Waals surface area contributed by atoms with Crippen LogP contribution in [0.25, 0.3) is 5.65 Å². The number of carbonyl (C=O) groups is 1. The summed E-state index contributed by atoms with van der Waals surface area (Å²) in [6, 6.07) is 0.957. The number of nitrogens with one attached hydrogen (secondary N) is 2. The van der Waals surface area contributed by atoms with Gasteiger partial charge >= 0.3 is 0 Å². The van der Waals surface area contributed by atoms with E-state index in [0.717, 1.165) is 23.4 Å². The predicted molar refractivity (Wildman–Crippen MR) is 80.0 cm³/mol. The lowest BCUT2D eigenvalue weighted by Crippen LogP contribution is -2.40. The van der Waals surface area contributed by atoms with E-state index in [2.05, 4.69) is 15.4 Å². The van der Waals surface area contributed by atoms with E-state index >= 15 is 0 Å². The first-order valence-electron chi connectivity index (χ1n) is 7.05. The second-order valence-electron chi connectivity index (χ2n) is 5.19. The van der Waals surface area contributed by atoms with Gasteiger partial charge in [-0.2, -0.15) is 0 Å². The molecule has 0 saturated carbocycles. The summed E-state index contributed by atoms with van der Waals surface area (Å²) in [6.45, 7) is 6.07. The maximum atomic E-state index is 11.9. The molecule has 0 aliphatic rings. The van der Waals surface area contributed by atoms with Crippen molar-refractivity contribution in [2.24, 2.45) is 5.73 Å². The van der Waals surface area contributed by atoms with Crippen molar-refractivity contribution < 1.29 is 4.79 Å². The molecule has 2 rings (SSSR count). The minimum Gasteiger partial charge on any atom is -0.351 e. The van der Waals surface area contributed by atoms with Crippen molar-refractivity contribution in [2.45, 2.75) is 46.2 Å². The number of hydrogen-bond acceptors (Lipinski definition) is 4. The van der Waals surface area contributed by atoms with Gasteiger partial charge in [0.15, 0.2) is 5.65 Å². The molecule has 1 unspecified atom stereocenters. The highest BCUT2D eigenvalue weighted by atomic mass is 16.2. The molecule has 114 valence electrons. The zero-order valence-corrected chi connectivity index (χ0v) is 12.6. The summed E-state index contributed by atoms with van der Waals surface area (Å²) in [5, 5.41) is 5.51. The lowest BCUT2D eigenvalue weighted by molar-refractivity contribution is -0.122. The average Bonchev–Trinajstić information content (AvgIpc) is 2.79. The van der Waals surface area contributed by atoms with Gasteiger partial charge < -0.3 is 11.1 Å². The Balaban J connectivity index is 2.22. The molecule has 4 N–H and O–H groups in total. The van der Waals surface area contributed by atoms with Gasteiger partial charge in [0.25, 0.3) is 5.56 Å². The monoisotopic (exact) mass is 291 g/mol. The summed E-state index contributed by atoms with van der Waals surface area (Å²) in [4.78, 5) is 27.6. The van der Waals surface area contributed by atoms with Gasteiger partial charge in [0.05, 0.1) is 6.04 Å². The molecule has 0 spiro atoms. The molecule has 0 aliphatic carbocycles. The van der Waals surface area contributed by atoms with Crippen LogP contribution in [0.2, 0.25) is 0 Å². The molecule has 0 aromatic carbocycles. The number of aryl methyl sites for hydroxylation is 2. The van der Waals surface area contributed by atoms with Crippen molar-refractivity contribution in [1.29, 1.82) is 0 Å². The van der Waals surface area contributed by atoms with E-state index in [1.165, 1.54) is 6.07 Å². The van der Waals surface area contributed by atoms with Crippen molar-refractivity contribution in [1.82, 2.24) is 19.9 Å². The first-order chi connectivity index (χ1) is 9.93. The third-order valence-electron chi connectivity index (χ3n) is 3.58. The molecule has 7 nitrogen and oxygen atoms in total. The largest absolute Gasteiger partial charge is 0.351 e. The number of H-pyrrole nitrogens is 1. The van der Waals surface area contributed by atoms with E-state index in [9.17, 15) is 9.59 Å². The number of aromatic amines is 1. The Kier molecular flexibility index (Phi) is 4.42. The van der Waals surface area contributed by atoms with Gasteiger partial charge in [-0.15, -0.1) is 0 Å². The van der Waals surface area contributed by atoms with Gasteiger partial charge in [-0.3, -0.25) is 14.7 Å². The fraction of sp³-hybridized carbons (Fsp3) is 0.500. The number of rotatable bonds is 5. The molecule has 21 heavy (non-hydrogen) atoms. The molecule has 0 bridgehead atoms. The number of nitrogens with zero attached hydrogens (tertiary/aromatic N) is 2. The number of amides is 1. The normalized spacial score (nSPS) is 12.6. The summed E-state index contributed by atoms with van der Waals surface area (Å²) in [7, 11) is 0. The lowest BCUT2D eigenvalue weighted by atomic mass is 10.1. The zero-order chi connectivity index (χ0) is 15.6. The third kappa shape index (κ3) is 3.13. The molecule has 2 aromatic heterocycles. The van der Waals surface area contributed by atoms with Gasteiger partial charge in [0.2, 0.25) is 5.91 Å². The summed E-state index contributed by atoms with van der Waals surface area (Å²) < 4.78 is 1.63. The van der Waals surface area contributed by atoms with Crippen LogP contribution in [0.3, 0.4) is 0 Å². The van der Waals surface area contributed by atoms with Crippen LogP contribution in [0, 0.1) is 13.8 Å². The Labute approximate surface area is 122 Å². The van der Waals surface area contributed by atoms with Crippen molar-refractivity contribution in [3.05, 3.63) is 33.4 Å². The first-order valence-corrected chi connectivity index (χ1v) is 7.05. The van der Waals surface area contributed by atoms with Gasteiger partial charge in [-0.25, -0.2) is 9.50 Å². The molecule has 1 atom stereocenters. The van der Waals surface area contributed by atoms with Crippen LogP contribution in [0.4, 0.5) is 0 Å². The van der Waals surface area contributed by atoms with Gasteiger partial charge in [-0.05, 0) is 20.3 Å². The maximum Gasteiger partial charge on any atom is 0.266 e. The van der Waals surface area contributed by atoms with Crippen LogP contribution < -0.4 is 16.6 Å². The quantitative estimate of drug-likeness (QED) is 0.740. The number of hydrogen-bond donors (Lipinski definition) is 3. The fourth-order valence-corrected chi connectivity index (χ4v) is 2.36. The second kappa shape index (κ2) is 6.09.